The number of rotatable bonds is 6. The fraction of sp³-hybridized carbons (Fsp3) is 0.867. The summed E-state index contributed by atoms with van der Waals surface area (Å²) in [6.07, 6.45) is 10.0. The average Bonchev–Trinajstić information content (AvgIpc) is 2.63. The topological polar surface area (TPSA) is 21.3 Å². The second kappa shape index (κ2) is 7.17. The summed E-state index contributed by atoms with van der Waals surface area (Å²) in [4.78, 5) is 0. The number of nitrogens with one attached hydrogen (secondary N) is 1. The normalized spacial score (nSPS) is 22.5. The Bertz CT molecular complexity index is 243. The second-order valence-electron chi connectivity index (χ2n) is 5.24. The molecule has 0 aromatic heterocycles. The predicted octanol–water partition coefficient (Wildman–Crippen LogP) is 3.67. The molecule has 17 heavy (non-hydrogen) atoms. The monoisotopic (exact) mass is 239 g/mol. The van der Waals surface area contributed by atoms with Gasteiger partial charge in [0.05, 0.1) is 11.6 Å². The van der Waals surface area contributed by atoms with Crippen molar-refractivity contribution in [2.75, 3.05) is 13.7 Å². The maximum absolute atomic E-state index is 5.79. The van der Waals surface area contributed by atoms with Gasteiger partial charge in [-0.25, -0.2) is 0 Å². The summed E-state index contributed by atoms with van der Waals surface area (Å²) in [6, 6.07) is 0.376. The van der Waals surface area contributed by atoms with E-state index in [4.69, 9.17) is 4.74 Å². The number of hydrogen-bond donors (Lipinski definition) is 1. The molecule has 2 nitrogen and oxygen atoms in total. The zero-order valence-corrected chi connectivity index (χ0v) is 12.0. The first kappa shape index (κ1) is 14.7. The first-order valence-corrected chi connectivity index (χ1v) is 7.15. The lowest BCUT2D eigenvalue weighted by atomic mass is 9.85. The van der Waals surface area contributed by atoms with Crippen molar-refractivity contribution in [3.63, 3.8) is 0 Å². The Morgan fingerprint density at radius 1 is 1.35 bits per heavy atom. The van der Waals surface area contributed by atoms with E-state index >= 15 is 0 Å². The summed E-state index contributed by atoms with van der Waals surface area (Å²) in [5.41, 5.74) is 1.49. The molecule has 0 aromatic carbocycles. The maximum Gasteiger partial charge on any atom is 0.0838 e. The molecule has 1 aliphatic carbocycles. The zero-order valence-electron chi connectivity index (χ0n) is 12.0. The molecule has 0 amide bonds. The minimum Gasteiger partial charge on any atom is -0.377 e. The van der Waals surface area contributed by atoms with Gasteiger partial charge in [-0.1, -0.05) is 31.9 Å². The Morgan fingerprint density at radius 2 is 2.12 bits per heavy atom. The lowest BCUT2D eigenvalue weighted by Gasteiger charge is -2.38. The summed E-state index contributed by atoms with van der Waals surface area (Å²) in [7, 11) is 1.84. The molecule has 1 N–H and O–H groups in total. The highest BCUT2D eigenvalue weighted by atomic mass is 16.5. The van der Waals surface area contributed by atoms with Gasteiger partial charge in [0.1, 0.15) is 0 Å². The lowest BCUT2D eigenvalue weighted by molar-refractivity contribution is -0.0195. The highest BCUT2D eigenvalue weighted by Gasteiger charge is 2.34. The average molecular weight is 239 g/mol. The maximum atomic E-state index is 5.79. The number of ether oxygens (including phenoxy) is 1. The van der Waals surface area contributed by atoms with E-state index in [2.05, 4.69) is 32.2 Å². The Labute approximate surface area is 107 Å². The summed E-state index contributed by atoms with van der Waals surface area (Å²) < 4.78 is 5.79. The van der Waals surface area contributed by atoms with Gasteiger partial charge in [-0.3, -0.25) is 0 Å². The van der Waals surface area contributed by atoms with Crippen LogP contribution in [0, 0.1) is 0 Å². The minimum atomic E-state index is -0.0772. The molecule has 0 radical (unpaired) electrons. The van der Waals surface area contributed by atoms with Crippen molar-refractivity contribution in [3.05, 3.63) is 11.6 Å². The zero-order chi connectivity index (χ0) is 12.7. The van der Waals surface area contributed by atoms with Crippen LogP contribution in [0.3, 0.4) is 0 Å². The van der Waals surface area contributed by atoms with Gasteiger partial charge in [-0.15, -0.1) is 0 Å². The van der Waals surface area contributed by atoms with Crippen molar-refractivity contribution >= 4 is 0 Å². The van der Waals surface area contributed by atoms with Gasteiger partial charge < -0.3 is 10.1 Å². The Morgan fingerprint density at radius 3 is 2.71 bits per heavy atom. The lowest BCUT2D eigenvalue weighted by Crippen LogP contribution is -2.50. The van der Waals surface area contributed by atoms with Crippen LogP contribution in [0.5, 0.6) is 0 Å². The van der Waals surface area contributed by atoms with Gasteiger partial charge >= 0.3 is 0 Å². The molecule has 0 aromatic rings. The van der Waals surface area contributed by atoms with Gasteiger partial charge in [-0.05, 0) is 45.6 Å². The van der Waals surface area contributed by atoms with Crippen LogP contribution < -0.4 is 5.32 Å². The van der Waals surface area contributed by atoms with Crippen LogP contribution in [0.1, 0.15) is 59.3 Å². The van der Waals surface area contributed by atoms with Crippen LogP contribution >= 0.6 is 0 Å². The van der Waals surface area contributed by atoms with Crippen LogP contribution in [0.2, 0.25) is 0 Å². The van der Waals surface area contributed by atoms with Crippen molar-refractivity contribution in [1.82, 2.24) is 5.32 Å². The molecule has 2 unspecified atom stereocenters. The molecule has 0 bridgehead atoms. The molecule has 1 aliphatic rings. The molecule has 1 rings (SSSR count). The van der Waals surface area contributed by atoms with Crippen LogP contribution in [-0.2, 0) is 4.74 Å². The molecule has 0 fully saturated rings. The minimum absolute atomic E-state index is 0.0772. The van der Waals surface area contributed by atoms with E-state index in [-0.39, 0.29) is 5.60 Å². The molecule has 2 heteroatoms. The standard InChI is InChI=1S/C15H29NO/c1-5-15(3,17-4)14(16-6-2)13-11-9-7-8-10-12-13/h11,14,16H,5-10,12H2,1-4H3. The van der Waals surface area contributed by atoms with E-state index in [1.807, 2.05) is 7.11 Å². The molecule has 0 aliphatic heterocycles. The fourth-order valence-electron chi connectivity index (χ4n) is 2.71. The molecule has 0 saturated carbocycles. The van der Waals surface area contributed by atoms with E-state index < -0.39 is 0 Å². The van der Waals surface area contributed by atoms with E-state index in [0.29, 0.717) is 6.04 Å². The van der Waals surface area contributed by atoms with E-state index in [1.54, 1.807) is 5.57 Å². The van der Waals surface area contributed by atoms with Crippen LogP contribution in [0.25, 0.3) is 0 Å². The predicted molar refractivity (Wildman–Crippen MR) is 74.3 cm³/mol. The molecular formula is C15H29NO. The first-order chi connectivity index (χ1) is 8.18. The van der Waals surface area contributed by atoms with Crippen LogP contribution in [0.15, 0.2) is 11.6 Å². The van der Waals surface area contributed by atoms with Crippen molar-refractivity contribution in [2.24, 2.45) is 0 Å². The Balaban J connectivity index is 2.86. The highest BCUT2D eigenvalue weighted by Crippen LogP contribution is 2.29. The summed E-state index contributed by atoms with van der Waals surface area (Å²) in [5, 5.41) is 3.63. The van der Waals surface area contributed by atoms with E-state index in [9.17, 15) is 0 Å². The molecule has 0 saturated heterocycles. The molecule has 0 heterocycles. The third kappa shape index (κ3) is 3.82. The van der Waals surface area contributed by atoms with Gasteiger partial charge in [0.2, 0.25) is 0 Å². The van der Waals surface area contributed by atoms with Gasteiger partial charge in [0, 0.05) is 7.11 Å². The summed E-state index contributed by atoms with van der Waals surface area (Å²) in [5.74, 6) is 0. The highest BCUT2D eigenvalue weighted by molar-refractivity contribution is 5.18. The Kier molecular flexibility index (Phi) is 6.21. The van der Waals surface area contributed by atoms with Crippen molar-refractivity contribution in [2.45, 2.75) is 70.9 Å². The fourth-order valence-corrected chi connectivity index (χ4v) is 2.71. The molecule has 100 valence electrons. The van der Waals surface area contributed by atoms with E-state index in [0.717, 1.165) is 13.0 Å². The summed E-state index contributed by atoms with van der Waals surface area (Å²) in [6.45, 7) is 7.62. The smallest absolute Gasteiger partial charge is 0.0838 e. The third-order valence-corrected chi connectivity index (χ3v) is 4.13. The largest absolute Gasteiger partial charge is 0.377 e. The Hall–Kier alpha value is -0.340. The number of likely N-dealkylation sites (N-methyl/N-ethyl adjacent to an activating group) is 1. The molecule has 2 atom stereocenters. The van der Waals surface area contributed by atoms with Crippen LogP contribution in [-0.4, -0.2) is 25.3 Å². The van der Waals surface area contributed by atoms with Crippen molar-refractivity contribution in [1.29, 1.82) is 0 Å². The third-order valence-electron chi connectivity index (χ3n) is 4.13. The first-order valence-electron chi connectivity index (χ1n) is 7.15. The summed E-state index contributed by atoms with van der Waals surface area (Å²) >= 11 is 0. The van der Waals surface area contributed by atoms with Gasteiger partial charge in [0.25, 0.3) is 0 Å². The van der Waals surface area contributed by atoms with Gasteiger partial charge in [-0.2, -0.15) is 0 Å². The molecular weight excluding hydrogens is 210 g/mol. The number of methoxy groups -OCH3 is 1. The second-order valence-corrected chi connectivity index (χ2v) is 5.24. The van der Waals surface area contributed by atoms with Crippen LogP contribution in [0.4, 0.5) is 0 Å². The number of hydrogen-bond acceptors (Lipinski definition) is 2. The van der Waals surface area contributed by atoms with E-state index in [1.165, 1.54) is 32.1 Å². The van der Waals surface area contributed by atoms with Crippen molar-refractivity contribution in [3.8, 4) is 0 Å². The molecule has 0 spiro atoms. The van der Waals surface area contributed by atoms with Gasteiger partial charge in [0.15, 0.2) is 0 Å². The SMILES string of the molecule is CCNC(C1=CCCCCC1)C(C)(CC)OC. The van der Waals surface area contributed by atoms with Crippen molar-refractivity contribution < 1.29 is 4.74 Å². The number of allylic oxidation sites excluding steroid dienone is 1. The quantitative estimate of drug-likeness (QED) is 0.714.